The summed E-state index contributed by atoms with van der Waals surface area (Å²) in [6.07, 6.45) is 1.53. The molecule has 1 fully saturated rings. The molecule has 1 saturated heterocycles. The number of ketones is 1. The van der Waals surface area contributed by atoms with Crippen LogP contribution in [0.2, 0.25) is 0 Å². The van der Waals surface area contributed by atoms with Gasteiger partial charge in [0.05, 0.1) is 18.4 Å². The number of carbonyl (C=O) groups excluding carboxylic acids is 2. The summed E-state index contributed by atoms with van der Waals surface area (Å²) in [5, 5.41) is 12.8. The number of carbonyl (C=O) groups is 2. The van der Waals surface area contributed by atoms with E-state index in [1.807, 2.05) is 36.6 Å². The normalized spacial score (nSPS) is 19.0. The van der Waals surface area contributed by atoms with Crippen molar-refractivity contribution in [1.29, 1.82) is 0 Å². The third-order valence-electron chi connectivity index (χ3n) is 4.58. The molecule has 136 valence electrons. The van der Waals surface area contributed by atoms with Gasteiger partial charge in [0.2, 0.25) is 0 Å². The highest BCUT2D eigenvalue weighted by atomic mass is 32.1. The van der Waals surface area contributed by atoms with Crippen LogP contribution in [0.25, 0.3) is 5.76 Å². The number of thiophene rings is 1. The molecule has 1 atom stereocenters. The van der Waals surface area contributed by atoms with Gasteiger partial charge >= 0.3 is 0 Å². The molecule has 1 aromatic carbocycles. The van der Waals surface area contributed by atoms with E-state index < -0.39 is 17.7 Å². The molecule has 0 aliphatic carbocycles. The molecule has 1 amide bonds. The monoisotopic (exact) mass is 379 g/mol. The molecule has 3 heterocycles. The topological polar surface area (TPSA) is 70.8 Å². The third-order valence-corrected chi connectivity index (χ3v) is 5.51. The van der Waals surface area contributed by atoms with E-state index in [1.165, 1.54) is 22.5 Å². The third kappa shape index (κ3) is 3.08. The Morgan fingerprint density at radius 1 is 1.15 bits per heavy atom. The van der Waals surface area contributed by atoms with Crippen molar-refractivity contribution < 1.29 is 19.1 Å². The fourth-order valence-corrected chi connectivity index (χ4v) is 4.07. The van der Waals surface area contributed by atoms with Gasteiger partial charge in [0.15, 0.2) is 0 Å². The Hall–Kier alpha value is -3.12. The van der Waals surface area contributed by atoms with Gasteiger partial charge in [0.25, 0.3) is 11.7 Å². The van der Waals surface area contributed by atoms with Crippen LogP contribution in [0.5, 0.6) is 0 Å². The lowest BCUT2D eigenvalue weighted by Gasteiger charge is -2.23. The zero-order valence-electron chi connectivity index (χ0n) is 14.6. The Morgan fingerprint density at radius 3 is 2.56 bits per heavy atom. The first kappa shape index (κ1) is 17.3. The highest BCUT2D eigenvalue weighted by Crippen LogP contribution is 2.41. The van der Waals surface area contributed by atoms with Crippen molar-refractivity contribution in [2.45, 2.75) is 19.5 Å². The minimum atomic E-state index is -0.682. The summed E-state index contributed by atoms with van der Waals surface area (Å²) in [4.78, 5) is 27.8. The molecule has 1 unspecified atom stereocenters. The molecule has 5 nitrogen and oxygen atoms in total. The van der Waals surface area contributed by atoms with Gasteiger partial charge in [-0.15, -0.1) is 11.3 Å². The summed E-state index contributed by atoms with van der Waals surface area (Å²) in [6, 6.07) is 13.8. The summed E-state index contributed by atoms with van der Waals surface area (Å²) in [7, 11) is 0. The maximum Gasteiger partial charge on any atom is 0.296 e. The Bertz CT molecular complexity index is 1000. The van der Waals surface area contributed by atoms with Crippen molar-refractivity contribution in [3.63, 3.8) is 0 Å². The summed E-state index contributed by atoms with van der Waals surface area (Å²) in [5.41, 5.74) is 1.66. The molecule has 2 aromatic heterocycles. The maximum absolute atomic E-state index is 12.8. The number of aliphatic hydroxyl groups is 1. The molecule has 1 aliphatic heterocycles. The van der Waals surface area contributed by atoms with Crippen molar-refractivity contribution in [3.8, 4) is 0 Å². The average molecular weight is 379 g/mol. The van der Waals surface area contributed by atoms with Crippen LogP contribution in [0.15, 0.2) is 70.2 Å². The molecule has 3 aromatic rings. The smallest absolute Gasteiger partial charge is 0.296 e. The van der Waals surface area contributed by atoms with Crippen LogP contribution in [0.4, 0.5) is 0 Å². The fourth-order valence-electron chi connectivity index (χ4n) is 3.22. The van der Waals surface area contributed by atoms with Gasteiger partial charge in [0.1, 0.15) is 17.6 Å². The Kier molecular flexibility index (Phi) is 4.41. The zero-order valence-corrected chi connectivity index (χ0v) is 15.4. The second-order valence-electron chi connectivity index (χ2n) is 6.39. The average Bonchev–Trinajstić information content (AvgIpc) is 3.40. The van der Waals surface area contributed by atoms with Gasteiger partial charge in [-0.05, 0) is 30.5 Å². The van der Waals surface area contributed by atoms with Gasteiger partial charge in [0, 0.05) is 10.4 Å². The second-order valence-corrected chi connectivity index (χ2v) is 7.37. The van der Waals surface area contributed by atoms with Gasteiger partial charge in [-0.25, -0.2) is 0 Å². The molecule has 27 heavy (non-hydrogen) atoms. The van der Waals surface area contributed by atoms with E-state index >= 15 is 0 Å². The number of aliphatic hydroxyl groups excluding tert-OH is 1. The minimum Gasteiger partial charge on any atom is -0.507 e. The van der Waals surface area contributed by atoms with E-state index in [4.69, 9.17) is 4.42 Å². The van der Waals surface area contributed by atoms with Crippen LogP contribution < -0.4 is 0 Å². The summed E-state index contributed by atoms with van der Waals surface area (Å²) in [5.74, 6) is -0.904. The molecular formula is C21H17NO4S. The number of nitrogens with zero attached hydrogens (tertiary/aromatic N) is 1. The van der Waals surface area contributed by atoms with E-state index in [1.54, 1.807) is 24.3 Å². The summed E-state index contributed by atoms with van der Waals surface area (Å²) < 4.78 is 5.36. The number of aryl methyl sites for hydroxylation is 1. The zero-order chi connectivity index (χ0) is 19.0. The van der Waals surface area contributed by atoms with Crippen LogP contribution >= 0.6 is 11.3 Å². The number of furan rings is 1. The van der Waals surface area contributed by atoms with E-state index in [0.29, 0.717) is 11.3 Å². The maximum atomic E-state index is 12.8. The molecule has 0 spiro atoms. The van der Waals surface area contributed by atoms with Crippen LogP contribution in [0.3, 0.4) is 0 Å². The number of amides is 1. The number of benzene rings is 1. The summed E-state index contributed by atoms with van der Waals surface area (Å²) in [6.45, 7) is 2.10. The van der Waals surface area contributed by atoms with Crippen LogP contribution in [-0.2, 0) is 16.1 Å². The largest absolute Gasteiger partial charge is 0.507 e. The number of Topliss-reactive ketones (excluding diaryl/α,β-unsaturated/α-hetero) is 1. The highest BCUT2D eigenvalue weighted by molar-refractivity contribution is 7.10. The lowest BCUT2D eigenvalue weighted by atomic mass is 9.99. The molecule has 0 saturated carbocycles. The lowest BCUT2D eigenvalue weighted by Crippen LogP contribution is -2.28. The van der Waals surface area contributed by atoms with Crippen molar-refractivity contribution in [2.75, 3.05) is 0 Å². The Balaban J connectivity index is 1.83. The first-order valence-electron chi connectivity index (χ1n) is 8.47. The van der Waals surface area contributed by atoms with Crippen LogP contribution in [0, 0.1) is 6.92 Å². The van der Waals surface area contributed by atoms with E-state index in [2.05, 4.69) is 0 Å². The van der Waals surface area contributed by atoms with Crippen LogP contribution in [0.1, 0.15) is 27.8 Å². The summed E-state index contributed by atoms with van der Waals surface area (Å²) >= 11 is 1.44. The molecular weight excluding hydrogens is 362 g/mol. The minimum absolute atomic E-state index is 0.109. The first-order chi connectivity index (χ1) is 13.1. The number of hydrogen-bond donors (Lipinski definition) is 1. The number of likely N-dealkylation sites (tertiary alicyclic amines) is 1. The quantitative estimate of drug-likeness (QED) is 0.417. The Labute approximate surface area is 160 Å². The van der Waals surface area contributed by atoms with Crippen molar-refractivity contribution in [3.05, 3.63) is 87.5 Å². The van der Waals surface area contributed by atoms with Gasteiger partial charge in [-0.2, -0.15) is 0 Å². The van der Waals surface area contributed by atoms with Gasteiger partial charge in [-0.1, -0.05) is 35.9 Å². The SMILES string of the molecule is Cc1ccc(C(O)=C2C(=O)C(=O)N(Cc3ccco3)C2c2cccs2)cc1. The molecule has 0 bridgehead atoms. The predicted molar refractivity (Wildman–Crippen MR) is 102 cm³/mol. The van der Waals surface area contributed by atoms with E-state index in [9.17, 15) is 14.7 Å². The van der Waals surface area contributed by atoms with Crippen molar-refractivity contribution in [1.82, 2.24) is 4.90 Å². The predicted octanol–water partition coefficient (Wildman–Crippen LogP) is 4.27. The number of hydrogen-bond acceptors (Lipinski definition) is 5. The van der Waals surface area contributed by atoms with Crippen molar-refractivity contribution >= 4 is 28.8 Å². The van der Waals surface area contributed by atoms with Gasteiger partial charge < -0.3 is 14.4 Å². The molecule has 6 heteroatoms. The lowest BCUT2D eigenvalue weighted by molar-refractivity contribution is -0.140. The molecule has 4 rings (SSSR count). The standard InChI is InChI=1S/C21H17NO4S/c1-13-6-8-14(9-7-13)19(23)17-18(16-5-3-11-27-16)22(21(25)20(17)24)12-15-4-2-10-26-15/h2-11,18,23H,12H2,1H3. The molecule has 1 N–H and O–H groups in total. The fraction of sp³-hybridized carbons (Fsp3) is 0.143. The first-order valence-corrected chi connectivity index (χ1v) is 9.35. The van der Waals surface area contributed by atoms with Crippen molar-refractivity contribution in [2.24, 2.45) is 0 Å². The number of rotatable bonds is 4. The molecule has 1 aliphatic rings. The highest BCUT2D eigenvalue weighted by Gasteiger charge is 2.46. The second kappa shape index (κ2) is 6.89. The van der Waals surface area contributed by atoms with E-state index in [-0.39, 0.29) is 17.9 Å². The van der Waals surface area contributed by atoms with Crippen LogP contribution in [-0.4, -0.2) is 21.7 Å². The van der Waals surface area contributed by atoms with E-state index in [0.717, 1.165) is 10.4 Å². The molecule has 0 radical (unpaired) electrons. The van der Waals surface area contributed by atoms with Gasteiger partial charge in [-0.3, -0.25) is 9.59 Å². The Morgan fingerprint density at radius 2 is 1.93 bits per heavy atom.